The van der Waals surface area contributed by atoms with Gasteiger partial charge in [0.05, 0.1) is 43.1 Å². The highest BCUT2D eigenvalue weighted by molar-refractivity contribution is 5.76. The Morgan fingerprint density at radius 1 is 1.21 bits per heavy atom. The molecule has 2 aliphatic rings. The van der Waals surface area contributed by atoms with Crippen molar-refractivity contribution in [2.45, 2.75) is 38.3 Å². The van der Waals surface area contributed by atoms with Crippen LogP contribution in [0.15, 0.2) is 40.9 Å². The standard InChI is InChI=1S/C21H25N7O3.CH2O2/c1-16-13-18(31-23-16)14-27-15-21(30-12-7-19(27)29)8-10-26(11-9-21)20-22-24-25-28(20)17-5-3-2-4-6-17;2-1-3/h2-6,13H,7-12,14-15H2,1H3;1H,(H,2,3). The fourth-order valence-electron chi connectivity index (χ4n) is 4.35. The molecule has 2 saturated heterocycles. The topological polar surface area (TPSA) is 140 Å². The number of aromatic nitrogens is 5. The van der Waals surface area contributed by atoms with Gasteiger partial charge in [-0.1, -0.05) is 28.5 Å². The highest BCUT2D eigenvalue weighted by Crippen LogP contribution is 2.32. The van der Waals surface area contributed by atoms with Gasteiger partial charge in [0.2, 0.25) is 11.9 Å². The Hall–Kier alpha value is -3.80. The van der Waals surface area contributed by atoms with Crippen molar-refractivity contribution in [3.8, 4) is 5.69 Å². The van der Waals surface area contributed by atoms with Crippen LogP contribution in [0.25, 0.3) is 5.69 Å². The molecular weight excluding hydrogens is 442 g/mol. The molecule has 2 aliphatic heterocycles. The highest BCUT2D eigenvalue weighted by Gasteiger charge is 2.41. The molecule has 1 N–H and O–H groups in total. The Balaban J connectivity index is 0.000000868. The molecule has 0 bridgehead atoms. The van der Waals surface area contributed by atoms with Gasteiger partial charge in [0.1, 0.15) is 0 Å². The average molecular weight is 470 g/mol. The minimum absolute atomic E-state index is 0.0846. The Labute approximate surface area is 196 Å². The van der Waals surface area contributed by atoms with Crippen molar-refractivity contribution >= 4 is 18.3 Å². The number of ether oxygens (including phenoxy) is 1. The Kier molecular flexibility index (Phi) is 7.16. The van der Waals surface area contributed by atoms with E-state index in [1.165, 1.54) is 0 Å². The lowest BCUT2D eigenvalue weighted by Gasteiger charge is -2.42. The van der Waals surface area contributed by atoms with Gasteiger partial charge in [-0.05, 0) is 42.3 Å². The molecule has 0 saturated carbocycles. The number of rotatable bonds is 4. The van der Waals surface area contributed by atoms with Gasteiger partial charge in [-0.25, -0.2) is 0 Å². The third-order valence-corrected chi connectivity index (χ3v) is 5.99. The lowest BCUT2D eigenvalue weighted by molar-refractivity contribution is -0.132. The van der Waals surface area contributed by atoms with Gasteiger partial charge in [-0.15, -0.1) is 0 Å². The van der Waals surface area contributed by atoms with Gasteiger partial charge in [-0.2, -0.15) is 4.68 Å². The maximum atomic E-state index is 12.6. The maximum absolute atomic E-state index is 12.6. The summed E-state index contributed by atoms with van der Waals surface area (Å²) in [5.41, 5.74) is 1.36. The van der Waals surface area contributed by atoms with Crippen LogP contribution in [-0.4, -0.2) is 79.6 Å². The molecule has 0 unspecified atom stereocenters. The van der Waals surface area contributed by atoms with E-state index >= 15 is 0 Å². The fraction of sp³-hybridized carbons (Fsp3) is 0.455. The van der Waals surface area contributed by atoms with Crippen LogP contribution in [0.1, 0.15) is 30.7 Å². The minimum atomic E-state index is -0.372. The zero-order chi connectivity index (χ0) is 24.0. The number of carbonyl (C=O) groups is 2. The van der Waals surface area contributed by atoms with Crippen molar-refractivity contribution in [3.05, 3.63) is 47.9 Å². The van der Waals surface area contributed by atoms with Gasteiger partial charge >= 0.3 is 0 Å². The van der Waals surface area contributed by atoms with Crippen LogP contribution < -0.4 is 4.90 Å². The van der Waals surface area contributed by atoms with Crippen molar-refractivity contribution in [1.29, 1.82) is 0 Å². The molecule has 12 nitrogen and oxygen atoms in total. The molecule has 0 aliphatic carbocycles. The molecule has 0 radical (unpaired) electrons. The Morgan fingerprint density at radius 2 is 1.94 bits per heavy atom. The van der Waals surface area contributed by atoms with E-state index in [9.17, 15) is 4.79 Å². The molecular formula is C22H27N7O5. The monoisotopic (exact) mass is 469 g/mol. The molecule has 2 aromatic heterocycles. The first-order chi connectivity index (χ1) is 16.5. The first kappa shape index (κ1) is 23.4. The third-order valence-electron chi connectivity index (χ3n) is 5.99. The van der Waals surface area contributed by atoms with Crippen molar-refractivity contribution < 1.29 is 24.0 Å². The molecule has 4 heterocycles. The van der Waals surface area contributed by atoms with Gasteiger partial charge < -0.3 is 24.2 Å². The van der Waals surface area contributed by atoms with Gasteiger partial charge in [0, 0.05) is 19.2 Å². The van der Waals surface area contributed by atoms with Crippen molar-refractivity contribution in [1.82, 2.24) is 30.3 Å². The van der Waals surface area contributed by atoms with E-state index in [0.29, 0.717) is 31.9 Å². The van der Waals surface area contributed by atoms with Crippen LogP contribution >= 0.6 is 0 Å². The number of tetrazole rings is 1. The summed E-state index contributed by atoms with van der Waals surface area (Å²) in [5, 5.41) is 23.1. The van der Waals surface area contributed by atoms with Crippen molar-refractivity contribution in [3.63, 3.8) is 0 Å². The maximum Gasteiger partial charge on any atom is 0.290 e. The number of carbonyl (C=O) groups excluding carboxylic acids is 1. The molecule has 34 heavy (non-hydrogen) atoms. The molecule has 180 valence electrons. The molecule has 2 fully saturated rings. The second kappa shape index (κ2) is 10.4. The van der Waals surface area contributed by atoms with Gasteiger partial charge in [-0.3, -0.25) is 9.59 Å². The lowest BCUT2D eigenvalue weighted by atomic mass is 9.90. The summed E-state index contributed by atoms with van der Waals surface area (Å²) in [6, 6.07) is 11.7. The van der Waals surface area contributed by atoms with E-state index in [4.69, 9.17) is 19.2 Å². The molecule has 5 rings (SSSR count). The summed E-state index contributed by atoms with van der Waals surface area (Å²) in [4.78, 5) is 25.0. The second-order valence-electron chi connectivity index (χ2n) is 8.28. The summed E-state index contributed by atoms with van der Waals surface area (Å²) in [7, 11) is 0. The molecule has 3 aromatic rings. The van der Waals surface area contributed by atoms with Gasteiger partial charge in [0.15, 0.2) is 5.76 Å². The summed E-state index contributed by atoms with van der Waals surface area (Å²) in [6.45, 7) is 4.52. The average Bonchev–Trinajstić information content (AvgIpc) is 3.46. The number of hydrogen-bond donors (Lipinski definition) is 1. The number of piperidine rings is 1. The van der Waals surface area contributed by atoms with E-state index in [1.54, 1.807) is 4.68 Å². The lowest BCUT2D eigenvalue weighted by Crippen LogP contribution is -2.52. The van der Waals surface area contributed by atoms with Gasteiger partial charge in [0.25, 0.3) is 6.47 Å². The van der Waals surface area contributed by atoms with Crippen LogP contribution in [-0.2, 0) is 20.9 Å². The Morgan fingerprint density at radius 3 is 2.62 bits per heavy atom. The SMILES string of the molecule is Cc1cc(CN2CC3(CCN(c4nnnn4-c4ccccc4)CC3)OCCC2=O)on1.O=CO. The number of anilines is 1. The largest absolute Gasteiger partial charge is 0.483 e. The predicted octanol–water partition coefficient (Wildman–Crippen LogP) is 1.45. The number of aryl methyl sites for hydroxylation is 1. The van der Waals surface area contributed by atoms with Crippen molar-refractivity contribution in [2.24, 2.45) is 0 Å². The molecule has 12 heteroatoms. The second-order valence-corrected chi connectivity index (χ2v) is 8.28. The highest BCUT2D eigenvalue weighted by atomic mass is 16.5. The number of amides is 1. The quantitative estimate of drug-likeness (QED) is 0.558. The predicted molar refractivity (Wildman–Crippen MR) is 119 cm³/mol. The molecule has 1 spiro atoms. The van der Waals surface area contributed by atoms with Crippen LogP contribution in [0.3, 0.4) is 0 Å². The zero-order valence-electron chi connectivity index (χ0n) is 18.9. The van der Waals surface area contributed by atoms with Crippen LogP contribution in [0.4, 0.5) is 5.95 Å². The van der Waals surface area contributed by atoms with E-state index in [-0.39, 0.29) is 18.0 Å². The number of nitrogens with zero attached hydrogens (tertiary/aromatic N) is 7. The molecule has 1 amide bonds. The summed E-state index contributed by atoms with van der Waals surface area (Å²) in [6.07, 6.45) is 1.95. The smallest absolute Gasteiger partial charge is 0.290 e. The van der Waals surface area contributed by atoms with E-state index in [2.05, 4.69) is 25.6 Å². The van der Waals surface area contributed by atoms with Crippen LogP contribution in [0.5, 0.6) is 0 Å². The van der Waals surface area contributed by atoms with Crippen molar-refractivity contribution in [2.75, 3.05) is 31.1 Å². The minimum Gasteiger partial charge on any atom is -0.483 e. The first-order valence-electron chi connectivity index (χ1n) is 11.0. The van der Waals surface area contributed by atoms with E-state index < -0.39 is 0 Å². The normalized spacial score (nSPS) is 17.7. The number of benzene rings is 1. The molecule has 0 atom stereocenters. The van der Waals surface area contributed by atoms with Crippen LogP contribution in [0.2, 0.25) is 0 Å². The Bertz CT molecular complexity index is 1090. The summed E-state index contributed by atoms with van der Waals surface area (Å²) < 4.78 is 13.4. The fourth-order valence-corrected chi connectivity index (χ4v) is 4.35. The first-order valence-corrected chi connectivity index (χ1v) is 11.0. The van der Waals surface area contributed by atoms with E-state index in [0.717, 1.165) is 43.3 Å². The number of carboxylic acid groups (broad SMARTS) is 1. The van der Waals surface area contributed by atoms with Crippen LogP contribution in [0, 0.1) is 6.92 Å². The summed E-state index contributed by atoms with van der Waals surface area (Å²) in [5.74, 6) is 1.50. The number of hydrogen-bond acceptors (Lipinski definition) is 9. The third kappa shape index (κ3) is 5.22. The summed E-state index contributed by atoms with van der Waals surface area (Å²) >= 11 is 0. The number of para-hydroxylation sites is 1. The van der Waals surface area contributed by atoms with E-state index in [1.807, 2.05) is 48.2 Å². The zero-order valence-corrected chi connectivity index (χ0v) is 18.9. The molecule has 1 aromatic carbocycles.